The third-order valence-electron chi connectivity index (χ3n) is 3.50. The first-order valence-electron chi connectivity index (χ1n) is 8.10. The average molecular weight is 401 g/mol. The maximum atomic E-state index is 12.5. The number of nitrogens with one attached hydrogen (secondary N) is 2. The van der Waals surface area contributed by atoms with E-state index < -0.39 is 21.8 Å². The summed E-state index contributed by atoms with van der Waals surface area (Å²) in [5, 5.41) is 7.10. The van der Waals surface area contributed by atoms with Crippen molar-refractivity contribution >= 4 is 33.2 Å². The highest BCUT2D eigenvalue weighted by atomic mass is 32.2. The summed E-state index contributed by atoms with van der Waals surface area (Å²) in [6, 6.07) is 15.6. The summed E-state index contributed by atoms with van der Waals surface area (Å²) in [5.74, 6) is -0.897. The van der Waals surface area contributed by atoms with Crippen molar-refractivity contribution in [3.63, 3.8) is 0 Å². The van der Waals surface area contributed by atoms with E-state index in [1.807, 2.05) is 0 Å². The highest BCUT2D eigenvalue weighted by molar-refractivity contribution is 7.94. The minimum Gasteiger partial charge on any atom is -0.465 e. The largest absolute Gasteiger partial charge is 0.465 e. The Balaban J connectivity index is 2.23. The zero-order chi connectivity index (χ0) is 20.6. The van der Waals surface area contributed by atoms with Gasteiger partial charge in [0.05, 0.1) is 28.7 Å². The lowest BCUT2D eigenvalue weighted by Crippen LogP contribution is -2.26. The standard InChI is InChI=1S/C19H19N3O5S/c1-14(21-22-19(24)20-15-9-5-3-6-10-15)17(18(23)27-2)13-28(25,26)16-11-7-4-8-12-16/h3-13H,1-2H3,(H2,20,22,24)/b17-13+,21-14+. The zero-order valence-electron chi connectivity index (χ0n) is 15.2. The van der Waals surface area contributed by atoms with Gasteiger partial charge < -0.3 is 10.1 Å². The molecular formula is C19H19N3O5S. The van der Waals surface area contributed by atoms with Gasteiger partial charge in [-0.2, -0.15) is 5.10 Å². The van der Waals surface area contributed by atoms with Crippen LogP contribution in [0.2, 0.25) is 0 Å². The average Bonchev–Trinajstić information content (AvgIpc) is 2.71. The number of urea groups is 1. The fraction of sp³-hybridized carbons (Fsp3) is 0.105. The summed E-state index contributed by atoms with van der Waals surface area (Å²) >= 11 is 0. The lowest BCUT2D eigenvalue weighted by atomic mass is 10.2. The van der Waals surface area contributed by atoms with Gasteiger partial charge >= 0.3 is 12.0 Å². The monoisotopic (exact) mass is 401 g/mol. The molecule has 0 unspecified atom stereocenters. The fourth-order valence-electron chi connectivity index (χ4n) is 2.10. The Morgan fingerprint density at radius 1 is 1.00 bits per heavy atom. The van der Waals surface area contributed by atoms with Crippen LogP contribution in [0.5, 0.6) is 0 Å². The summed E-state index contributed by atoms with van der Waals surface area (Å²) in [4.78, 5) is 23.9. The van der Waals surface area contributed by atoms with E-state index in [1.54, 1.807) is 48.5 Å². The molecule has 0 radical (unpaired) electrons. The van der Waals surface area contributed by atoms with Crippen LogP contribution < -0.4 is 10.7 Å². The number of hydrogen-bond donors (Lipinski definition) is 2. The minimum atomic E-state index is -3.92. The molecule has 2 rings (SSSR count). The van der Waals surface area contributed by atoms with Crippen LogP contribution in [0.25, 0.3) is 0 Å². The fourth-order valence-corrected chi connectivity index (χ4v) is 3.35. The van der Waals surface area contributed by atoms with Gasteiger partial charge in [-0.05, 0) is 31.2 Å². The topological polar surface area (TPSA) is 114 Å². The van der Waals surface area contributed by atoms with Gasteiger partial charge in [0.1, 0.15) is 0 Å². The minimum absolute atomic E-state index is 0.0129. The summed E-state index contributed by atoms with van der Waals surface area (Å²) in [5.41, 5.74) is 2.42. The van der Waals surface area contributed by atoms with Crippen LogP contribution in [0.1, 0.15) is 6.92 Å². The van der Waals surface area contributed by atoms with Gasteiger partial charge in [-0.15, -0.1) is 0 Å². The maximum absolute atomic E-state index is 12.5. The second-order valence-electron chi connectivity index (χ2n) is 5.51. The Labute approximate surface area is 162 Å². The number of para-hydroxylation sites is 1. The molecule has 0 heterocycles. The summed E-state index contributed by atoms with van der Waals surface area (Å²) in [7, 11) is -2.80. The maximum Gasteiger partial charge on any atom is 0.340 e. The van der Waals surface area contributed by atoms with E-state index in [4.69, 9.17) is 0 Å². The number of benzene rings is 2. The number of nitrogens with zero attached hydrogens (tertiary/aromatic N) is 1. The van der Waals surface area contributed by atoms with Crippen LogP contribution in [-0.2, 0) is 19.4 Å². The lowest BCUT2D eigenvalue weighted by Gasteiger charge is -2.08. The first kappa shape index (κ1) is 20.8. The Morgan fingerprint density at radius 3 is 2.14 bits per heavy atom. The van der Waals surface area contributed by atoms with Gasteiger partial charge in [0, 0.05) is 5.69 Å². The molecule has 9 heteroatoms. The van der Waals surface area contributed by atoms with Crippen LogP contribution in [0, 0.1) is 0 Å². The van der Waals surface area contributed by atoms with Crippen molar-refractivity contribution in [3.05, 3.63) is 71.6 Å². The van der Waals surface area contributed by atoms with Crippen molar-refractivity contribution < 1.29 is 22.7 Å². The first-order valence-corrected chi connectivity index (χ1v) is 9.65. The molecule has 0 aliphatic carbocycles. The number of amides is 2. The molecule has 0 atom stereocenters. The smallest absolute Gasteiger partial charge is 0.340 e. The van der Waals surface area contributed by atoms with Gasteiger partial charge in [-0.25, -0.2) is 23.4 Å². The van der Waals surface area contributed by atoms with Crippen LogP contribution >= 0.6 is 0 Å². The van der Waals surface area contributed by atoms with E-state index in [0.29, 0.717) is 5.69 Å². The van der Waals surface area contributed by atoms with Crippen molar-refractivity contribution in [2.75, 3.05) is 12.4 Å². The molecule has 0 spiro atoms. The molecule has 2 amide bonds. The normalized spacial score (nSPS) is 12.2. The first-order chi connectivity index (χ1) is 13.3. The molecule has 0 bridgehead atoms. The van der Waals surface area contributed by atoms with E-state index in [0.717, 1.165) is 12.5 Å². The second kappa shape index (κ2) is 9.47. The summed E-state index contributed by atoms with van der Waals surface area (Å²) in [6.45, 7) is 1.38. The number of hydrazone groups is 1. The number of ether oxygens (including phenoxy) is 1. The molecule has 146 valence electrons. The van der Waals surface area contributed by atoms with Crippen LogP contribution in [0.15, 0.2) is 81.6 Å². The Hall–Kier alpha value is -3.46. The summed E-state index contributed by atoms with van der Waals surface area (Å²) in [6.07, 6.45) is 0. The molecule has 0 fully saturated rings. The van der Waals surface area contributed by atoms with Crippen LogP contribution in [0.3, 0.4) is 0 Å². The van der Waals surface area contributed by atoms with E-state index in [1.165, 1.54) is 19.1 Å². The number of anilines is 1. The molecule has 8 nitrogen and oxygen atoms in total. The molecule has 28 heavy (non-hydrogen) atoms. The Morgan fingerprint density at radius 2 is 1.57 bits per heavy atom. The number of sulfone groups is 1. The van der Waals surface area contributed by atoms with E-state index >= 15 is 0 Å². The van der Waals surface area contributed by atoms with Gasteiger partial charge in [0.25, 0.3) is 0 Å². The molecule has 0 saturated heterocycles. The van der Waals surface area contributed by atoms with Crippen molar-refractivity contribution in [2.24, 2.45) is 5.10 Å². The van der Waals surface area contributed by atoms with E-state index in [9.17, 15) is 18.0 Å². The van der Waals surface area contributed by atoms with Gasteiger partial charge in [-0.1, -0.05) is 36.4 Å². The SMILES string of the molecule is COC(=O)C(=C/S(=O)(=O)c1ccccc1)/C(C)=N/NC(=O)Nc1ccccc1. The third kappa shape index (κ3) is 5.78. The zero-order valence-corrected chi connectivity index (χ0v) is 16.1. The Kier molecular flexibility index (Phi) is 7.05. The molecule has 0 aliphatic heterocycles. The lowest BCUT2D eigenvalue weighted by molar-refractivity contribution is -0.135. The number of methoxy groups -OCH3 is 1. The Bertz CT molecular complexity index is 1000. The van der Waals surface area contributed by atoms with Crippen molar-refractivity contribution in [1.82, 2.24) is 5.43 Å². The number of carbonyl (C=O) groups is 2. The summed E-state index contributed by atoms with van der Waals surface area (Å²) < 4.78 is 29.7. The van der Waals surface area contributed by atoms with Gasteiger partial charge in [0.15, 0.2) is 0 Å². The molecule has 0 aromatic heterocycles. The quantitative estimate of drug-likeness (QED) is 0.334. The van der Waals surface area contributed by atoms with Gasteiger partial charge in [-0.3, -0.25) is 0 Å². The highest BCUT2D eigenvalue weighted by Gasteiger charge is 2.20. The predicted molar refractivity (Wildman–Crippen MR) is 105 cm³/mol. The number of rotatable bonds is 6. The molecule has 2 aromatic rings. The van der Waals surface area contributed by atoms with Crippen LogP contribution in [-0.4, -0.2) is 33.2 Å². The third-order valence-corrected chi connectivity index (χ3v) is 4.97. The second-order valence-corrected chi connectivity index (χ2v) is 7.31. The van der Waals surface area contributed by atoms with Gasteiger partial charge in [0.2, 0.25) is 9.84 Å². The van der Waals surface area contributed by atoms with Crippen molar-refractivity contribution in [2.45, 2.75) is 11.8 Å². The molecular weight excluding hydrogens is 382 g/mol. The molecule has 2 N–H and O–H groups in total. The molecule has 2 aromatic carbocycles. The molecule has 0 saturated carbocycles. The van der Waals surface area contributed by atoms with E-state index in [-0.39, 0.29) is 16.2 Å². The van der Waals surface area contributed by atoms with Crippen molar-refractivity contribution in [1.29, 1.82) is 0 Å². The predicted octanol–water partition coefficient (Wildman–Crippen LogP) is 2.71. The number of carbonyl (C=O) groups excluding carboxylic acids is 2. The van der Waals surface area contributed by atoms with Crippen LogP contribution in [0.4, 0.5) is 10.5 Å². The number of hydrogen-bond acceptors (Lipinski definition) is 6. The van der Waals surface area contributed by atoms with Crippen molar-refractivity contribution in [3.8, 4) is 0 Å². The highest BCUT2D eigenvalue weighted by Crippen LogP contribution is 2.15. The molecule has 0 aliphatic rings. The van der Waals surface area contributed by atoms with E-state index in [2.05, 4.69) is 20.6 Å². The number of esters is 1.